The van der Waals surface area contributed by atoms with Crippen molar-refractivity contribution in [3.63, 3.8) is 0 Å². The van der Waals surface area contributed by atoms with Crippen molar-refractivity contribution in [2.75, 3.05) is 38.2 Å². The zero-order valence-electron chi connectivity index (χ0n) is 22.7. The molecule has 2 aliphatic heterocycles. The molecule has 1 atom stereocenters. The molecule has 1 fully saturated rings. The summed E-state index contributed by atoms with van der Waals surface area (Å²) in [4.78, 5) is 47.3. The number of hydrogen-bond acceptors (Lipinski definition) is 9. The van der Waals surface area contributed by atoms with Crippen molar-refractivity contribution in [3.05, 3.63) is 75.4 Å². The van der Waals surface area contributed by atoms with Crippen molar-refractivity contribution < 1.29 is 27.9 Å². The molecule has 2 amide bonds. The lowest BCUT2D eigenvalue weighted by Gasteiger charge is -2.33. The molecule has 0 unspecified atom stereocenters. The zero-order valence-corrected chi connectivity index (χ0v) is 25.1. The van der Waals surface area contributed by atoms with E-state index in [2.05, 4.69) is 4.98 Å². The fourth-order valence-electron chi connectivity index (χ4n) is 5.19. The van der Waals surface area contributed by atoms with E-state index < -0.39 is 33.1 Å². The third kappa shape index (κ3) is 5.99. The highest BCUT2D eigenvalue weighted by Crippen LogP contribution is 2.35. The van der Waals surface area contributed by atoms with Gasteiger partial charge in [0.05, 0.1) is 34.6 Å². The monoisotopic (exact) mass is 632 g/mol. The van der Waals surface area contributed by atoms with Crippen LogP contribution in [-0.4, -0.2) is 82.9 Å². The van der Waals surface area contributed by atoms with Crippen LogP contribution in [-0.2, 0) is 21.2 Å². The van der Waals surface area contributed by atoms with Crippen LogP contribution in [0.25, 0.3) is 0 Å². The van der Waals surface area contributed by atoms with Gasteiger partial charge in [0, 0.05) is 31.1 Å². The first-order chi connectivity index (χ1) is 20.1. The minimum absolute atomic E-state index is 0.0948. The summed E-state index contributed by atoms with van der Waals surface area (Å²) < 4.78 is 32.4. The van der Waals surface area contributed by atoms with Gasteiger partial charge in [0.15, 0.2) is 15.5 Å². The maximum atomic E-state index is 13.5. The van der Waals surface area contributed by atoms with Gasteiger partial charge in [-0.2, -0.15) is 4.98 Å². The number of thioether (sulfide) groups is 1. The fraction of sp³-hybridized carbons (Fsp3) is 0.357. The number of methoxy groups -OCH3 is 1. The normalized spacial score (nSPS) is 16.9. The molecular weight excluding hydrogens is 604 g/mol. The first kappa shape index (κ1) is 29.9. The Morgan fingerprint density at radius 2 is 1.86 bits per heavy atom. The minimum atomic E-state index is -3.72. The van der Waals surface area contributed by atoms with E-state index in [1.54, 1.807) is 23.1 Å². The van der Waals surface area contributed by atoms with E-state index in [0.29, 0.717) is 30.2 Å². The lowest BCUT2D eigenvalue weighted by Crippen LogP contribution is -2.46. The molecular formula is C28H29ClN4O7S2. The van der Waals surface area contributed by atoms with E-state index in [4.69, 9.17) is 16.3 Å². The average Bonchev–Trinajstić information content (AvgIpc) is 3.48. The van der Waals surface area contributed by atoms with Gasteiger partial charge in [0.2, 0.25) is 11.7 Å². The molecule has 2 aromatic carbocycles. The molecule has 1 aromatic heterocycles. The van der Waals surface area contributed by atoms with Gasteiger partial charge in [0.1, 0.15) is 11.6 Å². The minimum Gasteiger partial charge on any atom is -0.501 e. The Morgan fingerprint density at radius 3 is 2.57 bits per heavy atom. The Hall–Kier alpha value is -3.55. The second-order valence-electron chi connectivity index (χ2n) is 9.87. The number of amides is 2. The number of ether oxygens (including phenoxy) is 1. The SMILES string of the molecule is COc1ccc(S(=O)(=O)CCN2CCn3c([C@@H]4CCCN4C(=O)CSc4ccccc4Cl)nc(=O)c(O)c3C2=O)cc1. The zero-order chi connectivity index (χ0) is 30.0. The summed E-state index contributed by atoms with van der Waals surface area (Å²) in [6, 6.07) is 12.6. The predicted molar refractivity (Wildman–Crippen MR) is 157 cm³/mol. The molecule has 11 nitrogen and oxygen atoms in total. The van der Waals surface area contributed by atoms with Crippen molar-refractivity contribution >= 4 is 45.0 Å². The lowest BCUT2D eigenvalue weighted by molar-refractivity contribution is -0.129. The van der Waals surface area contributed by atoms with E-state index in [0.717, 1.165) is 4.90 Å². The van der Waals surface area contributed by atoms with Crippen molar-refractivity contribution in [1.82, 2.24) is 19.4 Å². The van der Waals surface area contributed by atoms with Crippen molar-refractivity contribution in [3.8, 4) is 11.5 Å². The first-order valence-electron chi connectivity index (χ1n) is 13.3. The Morgan fingerprint density at radius 1 is 1.12 bits per heavy atom. The first-order valence-corrected chi connectivity index (χ1v) is 16.3. The number of benzene rings is 2. The third-order valence-corrected chi connectivity index (χ3v) is 10.6. The summed E-state index contributed by atoms with van der Waals surface area (Å²) in [5, 5.41) is 11.1. The Balaban J connectivity index is 1.34. The smallest absolute Gasteiger partial charge is 0.315 e. The highest BCUT2D eigenvalue weighted by atomic mass is 35.5. The number of likely N-dealkylation sites (tertiary alicyclic amines) is 1. The van der Waals surface area contributed by atoms with E-state index in [1.165, 1.54) is 40.5 Å². The van der Waals surface area contributed by atoms with Crippen molar-refractivity contribution in [2.45, 2.75) is 35.2 Å². The molecule has 3 heterocycles. The van der Waals surface area contributed by atoms with Crippen LogP contribution in [0, 0.1) is 0 Å². The highest BCUT2D eigenvalue weighted by Gasteiger charge is 2.38. The van der Waals surface area contributed by atoms with Crippen LogP contribution < -0.4 is 10.3 Å². The van der Waals surface area contributed by atoms with Gasteiger partial charge in [-0.1, -0.05) is 23.7 Å². The number of carbonyl (C=O) groups excluding carboxylic acids is 2. The molecule has 2 aliphatic rings. The molecule has 5 rings (SSSR count). The number of fused-ring (bicyclic) bond motifs is 1. The molecule has 0 spiro atoms. The van der Waals surface area contributed by atoms with Crippen molar-refractivity contribution in [1.29, 1.82) is 0 Å². The summed E-state index contributed by atoms with van der Waals surface area (Å²) in [6.45, 7) is 0.643. The molecule has 222 valence electrons. The van der Waals surface area contributed by atoms with Crippen molar-refractivity contribution in [2.24, 2.45) is 0 Å². The topological polar surface area (TPSA) is 139 Å². The molecule has 42 heavy (non-hydrogen) atoms. The molecule has 0 saturated carbocycles. The fourth-order valence-corrected chi connectivity index (χ4v) is 7.57. The van der Waals surface area contributed by atoms with Crippen LogP contribution >= 0.6 is 23.4 Å². The second-order valence-corrected chi connectivity index (χ2v) is 13.4. The third-order valence-electron chi connectivity index (χ3n) is 7.38. The summed E-state index contributed by atoms with van der Waals surface area (Å²) in [7, 11) is -2.24. The molecule has 14 heteroatoms. The number of nitrogens with zero attached hydrogens (tertiary/aromatic N) is 4. The van der Waals surface area contributed by atoms with Crippen LogP contribution in [0.2, 0.25) is 5.02 Å². The summed E-state index contributed by atoms with van der Waals surface area (Å²) in [5.74, 6) is -1.09. The summed E-state index contributed by atoms with van der Waals surface area (Å²) in [5.41, 5.74) is -1.22. The molecule has 1 N–H and O–H groups in total. The molecule has 3 aromatic rings. The van der Waals surface area contributed by atoms with E-state index in [-0.39, 0.29) is 53.5 Å². The van der Waals surface area contributed by atoms with E-state index in [1.807, 2.05) is 18.2 Å². The van der Waals surface area contributed by atoms with E-state index in [9.17, 15) is 27.9 Å². The maximum absolute atomic E-state index is 13.5. The predicted octanol–water partition coefficient (Wildman–Crippen LogP) is 3.00. The molecule has 0 radical (unpaired) electrons. The average molecular weight is 633 g/mol. The number of aromatic nitrogens is 2. The largest absolute Gasteiger partial charge is 0.501 e. The Labute approximate surface area is 252 Å². The Bertz CT molecular complexity index is 1680. The number of halogens is 1. The number of rotatable bonds is 9. The van der Waals surface area contributed by atoms with Crippen LogP contribution in [0.3, 0.4) is 0 Å². The van der Waals surface area contributed by atoms with Gasteiger partial charge < -0.3 is 24.2 Å². The van der Waals surface area contributed by atoms with Crippen LogP contribution in [0.15, 0.2) is 63.1 Å². The van der Waals surface area contributed by atoms with Crippen LogP contribution in [0.1, 0.15) is 35.2 Å². The van der Waals surface area contributed by atoms with Gasteiger partial charge in [-0.3, -0.25) is 14.4 Å². The number of hydrogen-bond donors (Lipinski definition) is 1. The maximum Gasteiger partial charge on any atom is 0.315 e. The standard InChI is InChI=1S/C28H29ClN4O7S2/c1-40-18-8-10-19(11-9-18)42(38,39)16-15-31-13-14-33-24(28(31)37)25(35)27(36)30-26(33)21-6-4-12-32(21)23(34)17-41-22-7-3-2-5-20(22)29/h2-3,5,7-11,21,35H,4,6,12-17H2,1H3/t21-/m0/s1. The van der Waals surface area contributed by atoms with E-state index >= 15 is 0 Å². The van der Waals surface area contributed by atoms with Crippen LogP contribution in [0.5, 0.6) is 11.5 Å². The van der Waals surface area contributed by atoms with Gasteiger partial charge >= 0.3 is 5.56 Å². The van der Waals surface area contributed by atoms with Crippen LogP contribution in [0.4, 0.5) is 0 Å². The summed E-state index contributed by atoms with van der Waals surface area (Å²) >= 11 is 7.54. The molecule has 0 bridgehead atoms. The number of aromatic hydroxyl groups is 1. The summed E-state index contributed by atoms with van der Waals surface area (Å²) in [6.07, 6.45) is 1.22. The molecule has 1 saturated heterocycles. The lowest BCUT2D eigenvalue weighted by atomic mass is 10.1. The quantitative estimate of drug-likeness (QED) is 0.353. The van der Waals surface area contributed by atoms with Gasteiger partial charge in [0.25, 0.3) is 5.91 Å². The second kappa shape index (κ2) is 12.4. The molecule has 0 aliphatic carbocycles. The number of carbonyl (C=O) groups is 2. The van der Waals surface area contributed by atoms with Gasteiger partial charge in [-0.15, -0.1) is 11.8 Å². The highest BCUT2D eigenvalue weighted by molar-refractivity contribution is 8.00. The Kier molecular flexibility index (Phi) is 8.81. The van der Waals surface area contributed by atoms with Gasteiger partial charge in [-0.05, 0) is 49.2 Å². The number of sulfone groups is 1. The van der Waals surface area contributed by atoms with Gasteiger partial charge in [-0.25, -0.2) is 8.42 Å².